The molecule has 0 unspecified atom stereocenters. The lowest BCUT2D eigenvalue weighted by atomic mass is 9.95. The van der Waals surface area contributed by atoms with E-state index >= 15 is 0 Å². The van der Waals surface area contributed by atoms with E-state index in [2.05, 4.69) is 20.9 Å². The summed E-state index contributed by atoms with van der Waals surface area (Å²) in [5.74, 6) is 1.70. The summed E-state index contributed by atoms with van der Waals surface area (Å²) in [4.78, 5) is 32.5. The molecule has 4 rings (SSSR count). The van der Waals surface area contributed by atoms with Gasteiger partial charge in [-0.25, -0.2) is 9.79 Å². The first kappa shape index (κ1) is 31.4. The van der Waals surface area contributed by atoms with Crippen molar-refractivity contribution in [2.24, 2.45) is 4.99 Å². The Labute approximate surface area is 257 Å². The fourth-order valence-electron chi connectivity index (χ4n) is 4.66. The number of rotatable bonds is 11. The Morgan fingerprint density at radius 3 is 2.36 bits per heavy atom. The molecule has 0 bridgehead atoms. The average Bonchev–Trinajstić information content (AvgIpc) is 3.24. The van der Waals surface area contributed by atoms with E-state index in [4.69, 9.17) is 23.7 Å². The standard InChI is InChI=1S/C31H35BrN2O7S/c1-8-38-24-13-19(11-12-22(24)41-17(4)5)14-26-29(35)34-28(20-15-23(37-7)25(39-9-2)16-21(20)32)27(30(36)40-10-3)18(6)33-31(34)42-26/h11-17,28H,8-10H2,1-7H3/b26-14+/t28-/m0/s1. The van der Waals surface area contributed by atoms with E-state index in [-0.39, 0.29) is 23.8 Å². The van der Waals surface area contributed by atoms with Crippen molar-refractivity contribution in [3.05, 3.63) is 76.9 Å². The molecule has 42 heavy (non-hydrogen) atoms. The number of allylic oxidation sites excluding steroid dienone is 1. The van der Waals surface area contributed by atoms with Crippen LogP contribution in [0.4, 0.5) is 0 Å². The van der Waals surface area contributed by atoms with Gasteiger partial charge in [-0.3, -0.25) is 9.36 Å². The molecule has 2 heterocycles. The van der Waals surface area contributed by atoms with Crippen molar-refractivity contribution in [2.75, 3.05) is 26.9 Å². The third kappa shape index (κ3) is 6.42. The van der Waals surface area contributed by atoms with Gasteiger partial charge in [0.1, 0.15) is 0 Å². The Bertz CT molecular complexity index is 1690. The van der Waals surface area contributed by atoms with E-state index in [1.54, 1.807) is 39.2 Å². The van der Waals surface area contributed by atoms with Gasteiger partial charge in [0, 0.05) is 4.47 Å². The summed E-state index contributed by atoms with van der Waals surface area (Å²) in [7, 11) is 1.54. The Kier molecular flexibility index (Phi) is 10.2. The summed E-state index contributed by atoms with van der Waals surface area (Å²) < 4.78 is 31.1. The third-order valence-corrected chi connectivity index (χ3v) is 7.99. The lowest BCUT2D eigenvalue weighted by molar-refractivity contribution is -0.139. The summed E-state index contributed by atoms with van der Waals surface area (Å²) in [6.07, 6.45) is 1.77. The molecule has 1 aromatic heterocycles. The van der Waals surface area contributed by atoms with Crippen molar-refractivity contribution in [3.63, 3.8) is 0 Å². The minimum atomic E-state index is -0.817. The van der Waals surface area contributed by atoms with Gasteiger partial charge >= 0.3 is 5.97 Å². The second kappa shape index (κ2) is 13.6. The first-order chi connectivity index (χ1) is 20.1. The first-order valence-corrected chi connectivity index (χ1v) is 15.4. The monoisotopic (exact) mass is 658 g/mol. The highest BCUT2D eigenvalue weighted by Gasteiger charge is 2.35. The minimum absolute atomic E-state index is 0.0175. The largest absolute Gasteiger partial charge is 0.493 e. The van der Waals surface area contributed by atoms with Gasteiger partial charge in [-0.2, -0.15) is 0 Å². The predicted molar refractivity (Wildman–Crippen MR) is 166 cm³/mol. The second-order valence-electron chi connectivity index (χ2n) is 9.57. The number of nitrogens with zero attached hydrogens (tertiary/aromatic N) is 2. The number of benzene rings is 2. The van der Waals surface area contributed by atoms with Crippen LogP contribution in [0.5, 0.6) is 23.0 Å². The van der Waals surface area contributed by atoms with Gasteiger partial charge in [0.05, 0.1) is 54.9 Å². The predicted octanol–water partition coefficient (Wildman–Crippen LogP) is 5.15. The fourth-order valence-corrected chi connectivity index (χ4v) is 6.25. The van der Waals surface area contributed by atoms with Gasteiger partial charge in [-0.15, -0.1) is 0 Å². The molecule has 9 nitrogen and oxygen atoms in total. The highest BCUT2D eigenvalue weighted by molar-refractivity contribution is 9.10. The smallest absolute Gasteiger partial charge is 0.338 e. The van der Waals surface area contributed by atoms with Crippen molar-refractivity contribution in [1.82, 2.24) is 4.57 Å². The normalized spacial score (nSPS) is 14.9. The molecule has 0 radical (unpaired) electrons. The molecule has 2 aromatic carbocycles. The van der Waals surface area contributed by atoms with Crippen LogP contribution in [0, 0.1) is 0 Å². The molecule has 1 aliphatic rings. The maximum absolute atomic E-state index is 14.1. The van der Waals surface area contributed by atoms with Crippen LogP contribution in [-0.4, -0.2) is 43.6 Å². The first-order valence-electron chi connectivity index (χ1n) is 13.8. The topological polar surface area (TPSA) is 97.6 Å². The molecule has 3 aromatic rings. The molecule has 0 N–H and O–H groups in total. The number of aromatic nitrogens is 1. The Morgan fingerprint density at radius 1 is 1.05 bits per heavy atom. The van der Waals surface area contributed by atoms with Gasteiger partial charge in [-0.1, -0.05) is 33.3 Å². The maximum atomic E-state index is 14.1. The van der Waals surface area contributed by atoms with Crippen LogP contribution in [0.2, 0.25) is 0 Å². The molecule has 1 atom stereocenters. The van der Waals surface area contributed by atoms with Gasteiger partial charge < -0.3 is 23.7 Å². The summed E-state index contributed by atoms with van der Waals surface area (Å²) >= 11 is 4.89. The van der Waals surface area contributed by atoms with Crippen LogP contribution in [0.1, 0.15) is 58.7 Å². The highest BCUT2D eigenvalue weighted by atomic mass is 79.9. The van der Waals surface area contributed by atoms with Crippen LogP contribution in [0.3, 0.4) is 0 Å². The van der Waals surface area contributed by atoms with Crippen LogP contribution >= 0.6 is 27.3 Å². The van der Waals surface area contributed by atoms with E-state index in [0.717, 1.165) is 5.56 Å². The summed E-state index contributed by atoms with van der Waals surface area (Å²) in [6.45, 7) is 12.3. The van der Waals surface area contributed by atoms with E-state index in [1.165, 1.54) is 15.9 Å². The van der Waals surface area contributed by atoms with Crippen LogP contribution < -0.4 is 33.8 Å². The number of hydrogen-bond acceptors (Lipinski definition) is 9. The highest BCUT2D eigenvalue weighted by Crippen LogP contribution is 2.41. The van der Waals surface area contributed by atoms with Crippen LogP contribution in [0.15, 0.2) is 55.9 Å². The maximum Gasteiger partial charge on any atom is 0.338 e. The second-order valence-corrected chi connectivity index (χ2v) is 11.4. The molecule has 0 amide bonds. The molecule has 0 aliphatic carbocycles. The molecule has 224 valence electrons. The zero-order valence-electron chi connectivity index (χ0n) is 24.8. The number of halogens is 1. The quantitative estimate of drug-likeness (QED) is 0.263. The molecule has 0 fully saturated rings. The number of carbonyl (C=O) groups excluding carboxylic acids is 1. The van der Waals surface area contributed by atoms with Gasteiger partial charge in [0.15, 0.2) is 27.8 Å². The fraction of sp³-hybridized carbons (Fsp3) is 0.387. The van der Waals surface area contributed by atoms with E-state index < -0.39 is 12.0 Å². The Morgan fingerprint density at radius 2 is 1.74 bits per heavy atom. The average molecular weight is 660 g/mol. The lowest BCUT2D eigenvalue weighted by Gasteiger charge is -2.26. The summed E-state index contributed by atoms with van der Waals surface area (Å²) in [6, 6.07) is 8.29. The van der Waals surface area contributed by atoms with Crippen molar-refractivity contribution in [2.45, 2.75) is 53.7 Å². The van der Waals surface area contributed by atoms with E-state index in [1.807, 2.05) is 45.9 Å². The molecule has 0 spiro atoms. The molecule has 11 heteroatoms. The number of thiazole rings is 1. The van der Waals surface area contributed by atoms with E-state index in [9.17, 15) is 9.59 Å². The number of hydrogen-bond donors (Lipinski definition) is 0. The SMILES string of the molecule is CCOC(=O)C1=C(C)N=c2s/c(=C/c3ccc(OC(C)C)c(OCC)c3)c(=O)n2[C@H]1c1cc(OC)c(OCC)cc1Br. The minimum Gasteiger partial charge on any atom is -0.493 e. The van der Waals surface area contributed by atoms with Gasteiger partial charge in [0.25, 0.3) is 5.56 Å². The number of carbonyl (C=O) groups is 1. The van der Waals surface area contributed by atoms with Crippen molar-refractivity contribution in [1.29, 1.82) is 0 Å². The number of esters is 1. The van der Waals surface area contributed by atoms with Gasteiger partial charge in [0.2, 0.25) is 0 Å². The van der Waals surface area contributed by atoms with Crippen LogP contribution in [0.25, 0.3) is 6.08 Å². The summed E-state index contributed by atoms with van der Waals surface area (Å²) in [5.41, 5.74) is 1.85. The van der Waals surface area contributed by atoms with E-state index in [0.29, 0.717) is 61.3 Å². The van der Waals surface area contributed by atoms with Crippen molar-refractivity contribution in [3.8, 4) is 23.0 Å². The zero-order valence-corrected chi connectivity index (χ0v) is 27.2. The van der Waals surface area contributed by atoms with Crippen molar-refractivity contribution < 1.29 is 28.5 Å². The molecule has 0 saturated carbocycles. The number of methoxy groups -OCH3 is 1. The molecular weight excluding hydrogens is 624 g/mol. The van der Waals surface area contributed by atoms with Crippen LogP contribution in [-0.2, 0) is 9.53 Å². The number of fused-ring (bicyclic) bond motifs is 1. The molecule has 0 saturated heterocycles. The number of ether oxygens (including phenoxy) is 5. The lowest BCUT2D eigenvalue weighted by Crippen LogP contribution is -2.40. The third-order valence-electron chi connectivity index (χ3n) is 6.32. The van der Waals surface area contributed by atoms with Crippen molar-refractivity contribution >= 4 is 39.3 Å². The summed E-state index contributed by atoms with van der Waals surface area (Å²) in [5, 5.41) is 0. The molecular formula is C31H35BrN2O7S. The molecule has 1 aliphatic heterocycles. The Balaban J connectivity index is 1.94. The zero-order chi connectivity index (χ0) is 30.6. The van der Waals surface area contributed by atoms with Gasteiger partial charge in [-0.05, 0) is 83.0 Å². The Hall–Kier alpha value is -3.57.